The number of carbonyl (C=O) groups excluding carboxylic acids is 1. The van der Waals surface area contributed by atoms with E-state index in [-0.39, 0.29) is 29.1 Å². The van der Waals surface area contributed by atoms with Crippen molar-refractivity contribution in [1.29, 1.82) is 0 Å². The van der Waals surface area contributed by atoms with E-state index in [0.717, 1.165) is 36.8 Å². The van der Waals surface area contributed by atoms with Gasteiger partial charge < -0.3 is 9.64 Å². The molecule has 162 valence electrons. The molecular weight excluding hydrogens is 458 g/mol. The Morgan fingerprint density at radius 1 is 1.24 bits per heavy atom. The number of nitrogens with zero attached hydrogens (tertiary/aromatic N) is 3. The average molecular weight is 488 g/mol. The largest absolute Gasteiger partial charge is 0.373 e. The third-order valence-corrected chi connectivity index (χ3v) is 8.35. The molecule has 0 bridgehead atoms. The summed E-state index contributed by atoms with van der Waals surface area (Å²) in [4.78, 5) is 17.6. The van der Waals surface area contributed by atoms with Crippen LogP contribution in [0, 0.1) is 0 Å². The predicted octanol–water partition coefficient (Wildman–Crippen LogP) is 2.41. The molecule has 0 spiro atoms. The minimum atomic E-state index is -3.64. The fourth-order valence-corrected chi connectivity index (χ4v) is 6.07. The number of rotatable bonds is 5. The Morgan fingerprint density at radius 2 is 1.90 bits per heavy atom. The monoisotopic (exact) mass is 487 g/mol. The second kappa shape index (κ2) is 9.01. The Labute approximate surface area is 182 Å². The predicted molar refractivity (Wildman–Crippen MR) is 116 cm³/mol. The van der Waals surface area contributed by atoms with Crippen molar-refractivity contribution in [3.8, 4) is 0 Å². The fourth-order valence-electron chi connectivity index (χ4n) is 4.22. The summed E-state index contributed by atoms with van der Waals surface area (Å²) in [6.07, 6.45) is 2.31. The second-order valence-corrected chi connectivity index (χ2v) is 11.2. The van der Waals surface area contributed by atoms with Crippen LogP contribution in [0.15, 0.2) is 27.6 Å². The molecule has 2 aliphatic rings. The van der Waals surface area contributed by atoms with Crippen molar-refractivity contribution in [3.05, 3.63) is 28.2 Å². The average Bonchev–Trinajstić information content (AvgIpc) is 3.08. The van der Waals surface area contributed by atoms with Gasteiger partial charge in [0.25, 0.3) is 5.91 Å². The maximum atomic E-state index is 13.2. The Morgan fingerprint density at radius 3 is 2.52 bits per heavy atom. The molecule has 2 heterocycles. The standard InChI is InChI=1S/C20H30BrN3O4S/c1-14-11-23(12-15(2)28-14)13-17-6-5-9-24(17)20(25)16-7-8-18(21)19(10-16)29(26,27)22(3)4/h7-8,10,14-15,17H,5-6,9,11-13H2,1-4H3. The molecule has 0 saturated carbocycles. The third-order valence-electron chi connectivity index (χ3n) is 5.54. The molecule has 1 aromatic carbocycles. The van der Waals surface area contributed by atoms with Gasteiger partial charge in [-0.15, -0.1) is 0 Å². The number of amides is 1. The van der Waals surface area contributed by atoms with Gasteiger partial charge in [-0.05, 0) is 60.8 Å². The topological polar surface area (TPSA) is 70.2 Å². The molecule has 3 rings (SSSR count). The summed E-state index contributed by atoms with van der Waals surface area (Å²) in [7, 11) is -0.676. The van der Waals surface area contributed by atoms with Gasteiger partial charge in [0, 0.05) is 56.4 Å². The Balaban J connectivity index is 1.79. The van der Waals surface area contributed by atoms with Gasteiger partial charge in [-0.3, -0.25) is 9.69 Å². The highest BCUT2D eigenvalue weighted by Crippen LogP contribution is 2.28. The van der Waals surface area contributed by atoms with Crippen LogP contribution in [0.4, 0.5) is 0 Å². The van der Waals surface area contributed by atoms with Crippen LogP contribution in [0.1, 0.15) is 37.0 Å². The van der Waals surface area contributed by atoms with Crippen molar-refractivity contribution in [2.45, 2.75) is 49.8 Å². The SMILES string of the molecule is CC1CN(CC2CCCN2C(=O)c2ccc(Br)c(S(=O)(=O)N(C)C)c2)CC(C)O1. The van der Waals surface area contributed by atoms with E-state index < -0.39 is 10.0 Å². The number of hydrogen-bond acceptors (Lipinski definition) is 5. The normalized spacial score (nSPS) is 26.3. The summed E-state index contributed by atoms with van der Waals surface area (Å²) in [6, 6.07) is 4.95. The van der Waals surface area contributed by atoms with E-state index in [1.54, 1.807) is 12.1 Å². The van der Waals surface area contributed by atoms with Crippen molar-refractivity contribution in [2.24, 2.45) is 0 Å². The van der Waals surface area contributed by atoms with E-state index in [9.17, 15) is 13.2 Å². The van der Waals surface area contributed by atoms with Crippen molar-refractivity contribution >= 4 is 31.9 Å². The van der Waals surface area contributed by atoms with Crippen LogP contribution in [0.3, 0.4) is 0 Å². The first-order valence-corrected chi connectivity index (χ1v) is 12.2. The maximum absolute atomic E-state index is 13.2. The number of halogens is 1. The number of carbonyl (C=O) groups is 1. The summed E-state index contributed by atoms with van der Waals surface area (Å²) < 4.78 is 32.6. The van der Waals surface area contributed by atoms with Crippen molar-refractivity contribution in [2.75, 3.05) is 40.3 Å². The molecular formula is C20H30BrN3O4S. The molecule has 3 unspecified atom stereocenters. The lowest BCUT2D eigenvalue weighted by Crippen LogP contribution is -2.50. The van der Waals surface area contributed by atoms with Gasteiger partial charge in [0.05, 0.1) is 17.1 Å². The zero-order valence-electron chi connectivity index (χ0n) is 17.5. The quantitative estimate of drug-likeness (QED) is 0.637. The highest BCUT2D eigenvalue weighted by molar-refractivity contribution is 9.10. The van der Waals surface area contributed by atoms with Gasteiger partial charge in [-0.2, -0.15) is 0 Å². The van der Waals surface area contributed by atoms with Crippen molar-refractivity contribution in [3.63, 3.8) is 0 Å². The second-order valence-electron chi connectivity index (χ2n) is 8.20. The zero-order valence-corrected chi connectivity index (χ0v) is 19.9. The summed E-state index contributed by atoms with van der Waals surface area (Å²) >= 11 is 3.31. The van der Waals surface area contributed by atoms with Crippen LogP contribution in [-0.2, 0) is 14.8 Å². The van der Waals surface area contributed by atoms with E-state index in [1.807, 2.05) is 4.90 Å². The first kappa shape index (κ1) is 22.7. The first-order valence-electron chi connectivity index (χ1n) is 10.0. The van der Waals surface area contributed by atoms with E-state index >= 15 is 0 Å². The lowest BCUT2D eigenvalue weighted by molar-refractivity contribution is -0.0715. The van der Waals surface area contributed by atoms with Gasteiger partial charge >= 0.3 is 0 Å². The molecule has 2 saturated heterocycles. The van der Waals surface area contributed by atoms with Gasteiger partial charge in [0.15, 0.2) is 0 Å². The third kappa shape index (κ3) is 5.02. The number of ether oxygens (including phenoxy) is 1. The fraction of sp³-hybridized carbons (Fsp3) is 0.650. The van der Waals surface area contributed by atoms with Crippen molar-refractivity contribution in [1.82, 2.24) is 14.1 Å². The highest BCUT2D eigenvalue weighted by Gasteiger charge is 2.33. The summed E-state index contributed by atoms with van der Waals surface area (Å²) in [5.74, 6) is -0.107. The van der Waals surface area contributed by atoms with E-state index in [0.29, 0.717) is 16.6 Å². The number of sulfonamides is 1. The summed E-state index contributed by atoms with van der Waals surface area (Å²) in [5, 5.41) is 0. The smallest absolute Gasteiger partial charge is 0.254 e. The molecule has 7 nitrogen and oxygen atoms in total. The van der Waals surface area contributed by atoms with Gasteiger partial charge in [-0.25, -0.2) is 12.7 Å². The molecule has 2 aliphatic heterocycles. The van der Waals surface area contributed by atoms with Gasteiger partial charge in [0.1, 0.15) is 0 Å². The van der Waals surface area contributed by atoms with Crippen LogP contribution >= 0.6 is 15.9 Å². The highest BCUT2D eigenvalue weighted by atomic mass is 79.9. The molecule has 0 aromatic heterocycles. The van der Waals surface area contributed by atoms with E-state index in [1.165, 1.54) is 20.2 Å². The first-order chi connectivity index (χ1) is 13.6. The van der Waals surface area contributed by atoms with E-state index in [4.69, 9.17) is 4.74 Å². The van der Waals surface area contributed by atoms with E-state index in [2.05, 4.69) is 34.7 Å². The molecule has 1 amide bonds. The maximum Gasteiger partial charge on any atom is 0.254 e. The van der Waals surface area contributed by atoms with Crippen LogP contribution < -0.4 is 0 Å². The Hall–Kier alpha value is -1.00. The zero-order chi connectivity index (χ0) is 21.3. The molecule has 2 fully saturated rings. The number of morpholine rings is 1. The lowest BCUT2D eigenvalue weighted by Gasteiger charge is -2.38. The minimum Gasteiger partial charge on any atom is -0.373 e. The Kier molecular flexibility index (Phi) is 7.05. The van der Waals surface area contributed by atoms with Gasteiger partial charge in [-0.1, -0.05) is 0 Å². The van der Waals surface area contributed by atoms with Crippen LogP contribution in [0.2, 0.25) is 0 Å². The molecule has 29 heavy (non-hydrogen) atoms. The number of hydrogen-bond donors (Lipinski definition) is 0. The molecule has 0 N–H and O–H groups in total. The molecule has 0 aliphatic carbocycles. The minimum absolute atomic E-state index is 0.107. The lowest BCUT2D eigenvalue weighted by atomic mass is 10.1. The summed E-state index contributed by atoms with van der Waals surface area (Å²) in [5.41, 5.74) is 0.407. The summed E-state index contributed by atoms with van der Waals surface area (Å²) in [6.45, 7) is 7.41. The molecule has 0 radical (unpaired) electrons. The molecule has 3 atom stereocenters. The van der Waals surface area contributed by atoms with Crippen LogP contribution in [-0.4, -0.2) is 87.0 Å². The molecule has 1 aromatic rings. The van der Waals surface area contributed by atoms with Crippen molar-refractivity contribution < 1.29 is 17.9 Å². The molecule has 9 heteroatoms. The van der Waals surface area contributed by atoms with Crippen LogP contribution in [0.25, 0.3) is 0 Å². The van der Waals surface area contributed by atoms with Crippen LogP contribution in [0.5, 0.6) is 0 Å². The number of benzene rings is 1. The Bertz CT molecular complexity index is 851. The number of likely N-dealkylation sites (tertiary alicyclic amines) is 1. The van der Waals surface area contributed by atoms with Gasteiger partial charge in [0.2, 0.25) is 10.0 Å².